The number of rotatable bonds is 5. The van der Waals surface area contributed by atoms with E-state index in [9.17, 15) is 9.18 Å². The number of carbonyl (C=O) groups excluding carboxylic acids is 1. The molecule has 1 saturated heterocycles. The molecule has 0 spiro atoms. The average molecular weight is 394 g/mol. The molecule has 152 valence electrons. The lowest BCUT2D eigenvalue weighted by molar-refractivity contribution is -0.126. The van der Waals surface area contributed by atoms with Gasteiger partial charge in [-0.3, -0.25) is 9.69 Å². The van der Waals surface area contributed by atoms with Crippen LogP contribution in [0.25, 0.3) is 0 Å². The van der Waals surface area contributed by atoms with Gasteiger partial charge in [0, 0.05) is 38.4 Å². The van der Waals surface area contributed by atoms with Gasteiger partial charge < -0.3 is 10.2 Å². The lowest BCUT2D eigenvalue weighted by atomic mass is 9.83. The second-order valence-corrected chi connectivity index (χ2v) is 8.75. The number of hydrogen-bond donors (Lipinski definition) is 1. The minimum atomic E-state index is -0.199. The van der Waals surface area contributed by atoms with Gasteiger partial charge in [-0.2, -0.15) is 0 Å². The molecule has 1 N–H and O–H groups in total. The van der Waals surface area contributed by atoms with Crippen molar-refractivity contribution in [3.05, 3.63) is 65.5 Å². The lowest BCUT2D eigenvalue weighted by Crippen LogP contribution is -2.61. The van der Waals surface area contributed by atoms with Crippen molar-refractivity contribution in [2.24, 2.45) is 11.8 Å². The van der Waals surface area contributed by atoms with Crippen LogP contribution in [0, 0.1) is 17.7 Å². The number of benzene rings is 2. The summed E-state index contributed by atoms with van der Waals surface area (Å²) in [5.74, 6) is 0.659. The van der Waals surface area contributed by atoms with E-state index in [1.165, 1.54) is 36.2 Å². The Balaban J connectivity index is 1.35. The molecule has 29 heavy (non-hydrogen) atoms. The number of halogens is 1. The molecule has 2 atom stereocenters. The summed E-state index contributed by atoms with van der Waals surface area (Å²) in [5, 5.41) is 3.22. The third kappa shape index (κ3) is 4.01. The highest BCUT2D eigenvalue weighted by atomic mass is 19.1. The molecule has 2 aromatic carbocycles. The Hall–Kier alpha value is -2.40. The molecule has 0 bridgehead atoms. The number of piperazine rings is 1. The van der Waals surface area contributed by atoms with Gasteiger partial charge in [-0.1, -0.05) is 30.3 Å². The molecule has 5 heteroatoms. The summed E-state index contributed by atoms with van der Waals surface area (Å²) in [4.78, 5) is 18.0. The number of carbonyl (C=O) groups is 1. The first kappa shape index (κ1) is 18.6. The molecular formula is C24H28FN3O. The first-order valence-electron chi connectivity index (χ1n) is 10.8. The molecule has 2 aliphatic heterocycles. The van der Waals surface area contributed by atoms with Crippen molar-refractivity contribution in [2.75, 3.05) is 31.1 Å². The number of nitrogens with one attached hydrogen (secondary N) is 1. The minimum absolute atomic E-state index is 0.0281. The maximum atomic E-state index is 13.2. The molecule has 3 aliphatic rings. The Bertz CT molecular complexity index is 880. The highest BCUT2D eigenvalue weighted by Gasteiger charge is 2.41. The van der Waals surface area contributed by atoms with Crippen LogP contribution >= 0.6 is 0 Å². The van der Waals surface area contributed by atoms with Crippen LogP contribution in [-0.4, -0.2) is 43.0 Å². The fraction of sp³-hybridized carbons (Fsp3) is 0.458. The highest BCUT2D eigenvalue weighted by molar-refractivity contribution is 5.82. The first-order valence-corrected chi connectivity index (χ1v) is 10.8. The van der Waals surface area contributed by atoms with Crippen LogP contribution in [0.2, 0.25) is 0 Å². The van der Waals surface area contributed by atoms with Crippen LogP contribution < -0.4 is 10.2 Å². The van der Waals surface area contributed by atoms with Crippen molar-refractivity contribution in [1.29, 1.82) is 0 Å². The maximum Gasteiger partial charge on any atom is 0.225 e. The van der Waals surface area contributed by atoms with Gasteiger partial charge in [0.05, 0.1) is 12.0 Å². The molecule has 1 aliphatic carbocycles. The van der Waals surface area contributed by atoms with E-state index in [1.54, 1.807) is 0 Å². The van der Waals surface area contributed by atoms with E-state index in [0.717, 1.165) is 44.7 Å². The Labute approximate surface area is 171 Å². The Morgan fingerprint density at radius 3 is 2.66 bits per heavy atom. The van der Waals surface area contributed by atoms with Crippen molar-refractivity contribution in [2.45, 2.75) is 31.8 Å². The van der Waals surface area contributed by atoms with E-state index >= 15 is 0 Å². The number of nitrogens with zero attached hydrogens (tertiary/aromatic N) is 2. The first-order chi connectivity index (χ1) is 14.2. The van der Waals surface area contributed by atoms with Gasteiger partial charge in [0.25, 0.3) is 0 Å². The van der Waals surface area contributed by atoms with Gasteiger partial charge in [0.1, 0.15) is 5.82 Å². The quantitative estimate of drug-likeness (QED) is 0.847. The third-order valence-corrected chi connectivity index (χ3v) is 6.63. The van der Waals surface area contributed by atoms with Crippen LogP contribution in [0.15, 0.2) is 48.5 Å². The summed E-state index contributed by atoms with van der Waals surface area (Å²) in [6.07, 6.45) is 3.29. The summed E-state index contributed by atoms with van der Waals surface area (Å²) in [6, 6.07) is 15.5. The van der Waals surface area contributed by atoms with Gasteiger partial charge in [0.2, 0.25) is 5.91 Å². The standard InChI is InChI=1S/C24H28FN3O/c25-20-9-7-18(8-10-20)15-27-11-12-28-22-4-2-1-3-19(22)13-21(23(28)16-27)24(29)26-14-17-5-6-17/h1-4,7-10,17,21,23H,5-6,11-16H2,(H,26,29)/t21-,23+/m0/s1. The fourth-order valence-corrected chi connectivity index (χ4v) is 4.81. The molecule has 1 saturated carbocycles. The normalized spacial score (nSPS) is 24.0. The summed E-state index contributed by atoms with van der Waals surface area (Å²) < 4.78 is 13.2. The van der Waals surface area contributed by atoms with Crippen LogP contribution in [0.1, 0.15) is 24.0 Å². The molecule has 1 amide bonds. The zero-order valence-corrected chi connectivity index (χ0v) is 16.7. The van der Waals surface area contributed by atoms with Crippen LogP contribution in [-0.2, 0) is 17.8 Å². The number of para-hydroxylation sites is 1. The zero-order valence-electron chi connectivity index (χ0n) is 16.7. The Kier molecular flexibility index (Phi) is 5.00. The predicted molar refractivity (Wildman–Crippen MR) is 112 cm³/mol. The molecule has 5 rings (SSSR count). The molecule has 2 aromatic rings. The van der Waals surface area contributed by atoms with Crippen LogP contribution in [0.3, 0.4) is 0 Å². The summed E-state index contributed by atoms with van der Waals surface area (Å²) in [6.45, 7) is 4.33. The predicted octanol–water partition coefficient (Wildman–Crippen LogP) is 3.22. The van der Waals surface area contributed by atoms with Crippen molar-refractivity contribution < 1.29 is 9.18 Å². The average Bonchev–Trinajstić information content (AvgIpc) is 3.57. The van der Waals surface area contributed by atoms with Gasteiger partial charge in [0.15, 0.2) is 0 Å². The van der Waals surface area contributed by atoms with Gasteiger partial charge in [-0.25, -0.2) is 4.39 Å². The molecule has 2 fully saturated rings. The fourth-order valence-electron chi connectivity index (χ4n) is 4.81. The van der Waals surface area contributed by atoms with Crippen molar-refractivity contribution in [3.63, 3.8) is 0 Å². The van der Waals surface area contributed by atoms with E-state index in [0.29, 0.717) is 5.92 Å². The van der Waals surface area contributed by atoms with E-state index in [2.05, 4.69) is 39.4 Å². The smallest absolute Gasteiger partial charge is 0.225 e. The van der Waals surface area contributed by atoms with Crippen LogP contribution in [0.4, 0.5) is 10.1 Å². The van der Waals surface area contributed by atoms with E-state index in [4.69, 9.17) is 0 Å². The lowest BCUT2D eigenvalue weighted by Gasteiger charge is -2.49. The highest BCUT2D eigenvalue weighted by Crippen LogP contribution is 2.36. The monoisotopic (exact) mass is 393 g/mol. The number of hydrogen-bond acceptors (Lipinski definition) is 3. The third-order valence-electron chi connectivity index (χ3n) is 6.63. The summed E-state index contributed by atoms with van der Waals surface area (Å²) in [5.41, 5.74) is 3.68. The summed E-state index contributed by atoms with van der Waals surface area (Å²) in [7, 11) is 0. The van der Waals surface area contributed by atoms with Crippen LogP contribution in [0.5, 0.6) is 0 Å². The molecular weight excluding hydrogens is 365 g/mol. The van der Waals surface area contributed by atoms with E-state index in [-0.39, 0.29) is 23.7 Å². The van der Waals surface area contributed by atoms with Crippen molar-refractivity contribution in [1.82, 2.24) is 10.2 Å². The van der Waals surface area contributed by atoms with Crippen molar-refractivity contribution >= 4 is 11.6 Å². The maximum absolute atomic E-state index is 13.2. The SMILES string of the molecule is O=C(NCC1CC1)[C@H]1Cc2ccccc2N2CCN(Cc3ccc(F)cc3)C[C@H]12. The molecule has 0 radical (unpaired) electrons. The second kappa shape index (κ2) is 7.79. The van der Waals surface area contributed by atoms with Gasteiger partial charge in [-0.15, -0.1) is 0 Å². The largest absolute Gasteiger partial charge is 0.365 e. The molecule has 4 nitrogen and oxygen atoms in total. The number of anilines is 1. The number of amides is 1. The molecule has 0 aromatic heterocycles. The Morgan fingerprint density at radius 1 is 1.07 bits per heavy atom. The topological polar surface area (TPSA) is 35.6 Å². The summed E-state index contributed by atoms with van der Waals surface area (Å²) >= 11 is 0. The Morgan fingerprint density at radius 2 is 1.86 bits per heavy atom. The van der Waals surface area contributed by atoms with E-state index < -0.39 is 0 Å². The zero-order chi connectivity index (χ0) is 19.8. The second-order valence-electron chi connectivity index (χ2n) is 8.75. The molecule has 2 heterocycles. The minimum Gasteiger partial charge on any atom is -0.365 e. The molecule has 0 unspecified atom stereocenters. The number of fused-ring (bicyclic) bond motifs is 3. The van der Waals surface area contributed by atoms with Crippen molar-refractivity contribution in [3.8, 4) is 0 Å². The van der Waals surface area contributed by atoms with Gasteiger partial charge >= 0.3 is 0 Å². The van der Waals surface area contributed by atoms with Gasteiger partial charge in [-0.05, 0) is 54.5 Å². The van der Waals surface area contributed by atoms with E-state index in [1.807, 2.05) is 12.1 Å².